The van der Waals surface area contributed by atoms with Gasteiger partial charge in [0.2, 0.25) is 22.4 Å². The average Bonchev–Trinajstić information content (AvgIpc) is 2.71. The fourth-order valence-corrected chi connectivity index (χ4v) is 8.65. The van der Waals surface area contributed by atoms with Crippen LogP contribution in [0.25, 0.3) is 0 Å². The van der Waals surface area contributed by atoms with Gasteiger partial charge in [0, 0.05) is 12.8 Å². The van der Waals surface area contributed by atoms with Gasteiger partial charge in [-0.25, -0.2) is 9.78 Å². The molecule has 1 unspecified atom stereocenters. The van der Waals surface area contributed by atoms with Crippen molar-refractivity contribution in [2.45, 2.75) is 130 Å². The Labute approximate surface area is 177 Å². The molecule has 1 atom stereocenters. The predicted octanol–water partition coefficient (Wildman–Crippen LogP) is 7.83. The maximum absolute atomic E-state index is 6.30. The van der Waals surface area contributed by atoms with E-state index in [0.717, 1.165) is 55.5 Å². The molecule has 0 saturated heterocycles. The fraction of sp³-hybridized carbons (Fsp3) is 1.00. The van der Waals surface area contributed by atoms with E-state index in [-0.39, 0.29) is 5.41 Å². The van der Waals surface area contributed by atoms with Gasteiger partial charge >= 0.3 is 0 Å². The molecule has 0 aromatic carbocycles. The summed E-state index contributed by atoms with van der Waals surface area (Å²) in [4.78, 5) is 12.6. The van der Waals surface area contributed by atoms with Crippen molar-refractivity contribution in [3.05, 3.63) is 0 Å². The molecule has 0 amide bonds. The fourth-order valence-electron chi connectivity index (χ4n) is 4.28. The Morgan fingerprint density at radius 2 is 1.14 bits per heavy atom. The molecule has 4 nitrogen and oxygen atoms in total. The second-order valence-corrected chi connectivity index (χ2v) is 19.2. The lowest BCUT2D eigenvalue weighted by Crippen LogP contribution is -2.50. The second kappa shape index (κ2) is 11.1. The van der Waals surface area contributed by atoms with Crippen LogP contribution in [-0.4, -0.2) is 22.4 Å². The van der Waals surface area contributed by atoms with Crippen LogP contribution >= 0.6 is 0 Å². The average molecular weight is 433 g/mol. The summed E-state index contributed by atoms with van der Waals surface area (Å²) >= 11 is 0. The Morgan fingerprint density at radius 1 is 0.750 bits per heavy atom. The third-order valence-electron chi connectivity index (χ3n) is 7.50. The lowest BCUT2D eigenvalue weighted by molar-refractivity contribution is -0.477. The van der Waals surface area contributed by atoms with Crippen LogP contribution in [0.5, 0.6) is 0 Å². The van der Waals surface area contributed by atoms with Crippen molar-refractivity contribution in [2.75, 3.05) is 0 Å². The van der Waals surface area contributed by atoms with Crippen LogP contribution in [0.4, 0.5) is 0 Å². The van der Waals surface area contributed by atoms with E-state index in [1.54, 1.807) is 0 Å². The zero-order valence-electron chi connectivity index (χ0n) is 20.3. The lowest BCUT2D eigenvalue weighted by atomic mass is 9.70. The summed E-state index contributed by atoms with van der Waals surface area (Å²) in [6.07, 6.45) is 4.00. The maximum atomic E-state index is 6.30. The van der Waals surface area contributed by atoms with Gasteiger partial charge in [-0.1, -0.05) is 62.3 Å². The van der Waals surface area contributed by atoms with Gasteiger partial charge < -0.3 is 0 Å². The Bertz CT molecular complexity index is 402. The monoisotopic (exact) mass is 432 g/mol. The molecular weight excluding hydrogens is 384 g/mol. The van der Waals surface area contributed by atoms with Crippen molar-refractivity contribution in [2.24, 2.45) is 11.3 Å². The molecular formula is C22H48O4Si2. The van der Waals surface area contributed by atoms with Crippen molar-refractivity contribution in [1.29, 1.82) is 0 Å². The Morgan fingerprint density at radius 3 is 1.46 bits per heavy atom. The molecule has 0 radical (unpaired) electrons. The minimum atomic E-state index is -1.86. The minimum absolute atomic E-state index is 0.224. The Hall–Kier alpha value is 0.274. The molecule has 0 heterocycles. The molecule has 1 saturated carbocycles. The van der Waals surface area contributed by atoms with E-state index in [9.17, 15) is 0 Å². The summed E-state index contributed by atoms with van der Waals surface area (Å²) < 4.78 is 12.6. The summed E-state index contributed by atoms with van der Waals surface area (Å²) in [5.41, 5.74) is 0.224. The summed E-state index contributed by atoms with van der Waals surface area (Å²) in [6.45, 7) is 20.3. The van der Waals surface area contributed by atoms with Crippen LogP contribution in [-0.2, 0) is 18.9 Å². The molecule has 0 spiro atoms. The third kappa shape index (κ3) is 6.64. The molecule has 1 fully saturated rings. The number of hydrogen-bond donors (Lipinski definition) is 0. The van der Waals surface area contributed by atoms with Gasteiger partial charge in [-0.05, 0) is 60.4 Å². The van der Waals surface area contributed by atoms with Gasteiger partial charge in [-0.3, -0.25) is 9.15 Å². The van der Waals surface area contributed by atoms with E-state index in [1.807, 2.05) is 0 Å². The van der Waals surface area contributed by atoms with E-state index in [0.29, 0.717) is 5.92 Å². The van der Waals surface area contributed by atoms with Gasteiger partial charge in [-0.15, -0.1) is 0 Å². The molecule has 28 heavy (non-hydrogen) atoms. The SMILES string of the molecule is CC[Si](CC)(CC)OOC1(OO[Si](CC)(CC)CC)CCCC(C(C)(C)C)C1. The highest BCUT2D eigenvalue weighted by Gasteiger charge is 2.47. The van der Waals surface area contributed by atoms with Crippen molar-refractivity contribution >= 4 is 16.6 Å². The van der Waals surface area contributed by atoms with Crippen molar-refractivity contribution in [3.63, 3.8) is 0 Å². The van der Waals surface area contributed by atoms with E-state index in [4.69, 9.17) is 18.9 Å². The summed E-state index contributed by atoms with van der Waals surface area (Å²) in [5, 5.41) is 0. The Balaban J connectivity index is 3.06. The summed E-state index contributed by atoms with van der Waals surface area (Å²) in [6, 6.07) is 6.40. The molecule has 0 bridgehead atoms. The van der Waals surface area contributed by atoms with Crippen LogP contribution in [0, 0.1) is 11.3 Å². The summed E-state index contributed by atoms with van der Waals surface area (Å²) in [7, 11) is -3.73. The third-order valence-corrected chi connectivity index (χ3v) is 16.1. The van der Waals surface area contributed by atoms with Crippen LogP contribution in [0.15, 0.2) is 0 Å². The van der Waals surface area contributed by atoms with Crippen molar-refractivity contribution in [1.82, 2.24) is 0 Å². The first-order valence-electron chi connectivity index (χ1n) is 11.8. The lowest BCUT2D eigenvalue weighted by Gasteiger charge is -2.45. The molecule has 1 aliphatic rings. The molecule has 1 rings (SSSR count). The smallest absolute Gasteiger partial charge is 0.238 e. The highest BCUT2D eigenvalue weighted by atomic mass is 28.4. The topological polar surface area (TPSA) is 36.9 Å². The van der Waals surface area contributed by atoms with E-state index in [1.165, 1.54) is 6.42 Å². The molecule has 0 N–H and O–H groups in total. The zero-order valence-corrected chi connectivity index (χ0v) is 22.3. The number of hydrogen-bond acceptors (Lipinski definition) is 4. The van der Waals surface area contributed by atoms with E-state index < -0.39 is 22.4 Å². The minimum Gasteiger partial charge on any atom is -0.283 e. The Kier molecular flexibility index (Phi) is 10.4. The van der Waals surface area contributed by atoms with Crippen LogP contribution in [0.2, 0.25) is 36.3 Å². The largest absolute Gasteiger partial charge is 0.283 e. The van der Waals surface area contributed by atoms with Gasteiger partial charge in [0.1, 0.15) is 0 Å². The van der Waals surface area contributed by atoms with E-state index in [2.05, 4.69) is 62.3 Å². The molecule has 0 aromatic rings. The highest BCUT2D eigenvalue weighted by molar-refractivity contribution is 6.73. The normalized spacial score (nSPS) is 21.1. The molecule has 1 aliphatic carbocycles. The first kappa shape index (κ1) is 26.3. The predicted molar refractivity (Wildman–Crippen MR) is 123 cm³/mol. The van der Waals surface area contributed by atoms with Crippen molar-refractivity contribution < 1.29 is 18.9 Å². The van der Waals surface area contributed by atoms with Crippen LogP contribution < -0.4 is 0 Å². The van der Waals surface area contributed by atoms with Gasteiger partial charge in [0.25, 0.3) is 0 Å². The molecule has 0 aliphatic heterocycles. The van der Waals surface area contributed by atoms with Crippen LogP contribution in [0.3, 0.4) is 0 Å². The van der Waals surface area contributed by atoms with E-state index >= 15 is 0 Å². The molecule has 168 valence electrons. The van der Waals surface area contributed by atoms with Gasteiger partial charge in [-0.2, -0.15) is 0 Å². The zero-order chi connectivity index (χ0) is 21.5. The number of rotatable bonds is 12. The van der Waals surface area contributed by atoms with Gasteiger partial charge in [0.15, 0.2) is 0 Å². The molecule has 6 heteroatoms. The summed E-state index contributed by atoms with van der Waals surface area (Å²) in [5.74, 6) is -0.221. The van der Waals surface area contributed by atoms with Gasteiger partial charge in [0.05, 0.1) is 0 Å². The highest BCUT2D eigenvalue weighted by Crippen LogP contribution is 2.45. The second-order valence-electron chi connectivity index (χ2n) is 9.89. The van der Waals surface area contributed by atoms with Crippen molar-refractivity contribution in [3.8, 4) is 0 Å². The quantitative estimate of drug-likeness (QED) is 0.136. The first-order chi connectivity index (χ1) is 13.1. The molecule has 0 aromatic heterocycles. The first-order valence-corrected chi connectivity index (χ1v) is 16.9. The standard InChI is InChI=1S/C22H48O4Si2/c1-10-27(11-2,12-3)25-23-22(24-26-28(13-4,14-5)15-6)18-16-17-20(19-22)21(7,8)9/h20H,10-19H2,1-9H3. The maximum Gasteiger partial charge on any atom is 0.238 e. The van der Waals surface area contributed by atoms with Crippen LogP contribution in [0.1, 0.15) is 88.0 Å².